The van der Waals surface area contributed by atoms with E-state index in [9.17, 15) is 14.4 Å². The Balaban J connectivity index is 1.56. The summed E-state index contributed by atoms with van der Waals surface area (Å²) in [6, 6.07) is 14.1. The zero-order chi connectivity index (χ0) is 23.9. The monoisotopic (exact) mass is 476 g/mol. The van der Waals surface area contributed by atoms with Crippen LogP contribution in [0, 0.1) is 17.1 Å². The van der Waals surface area contributed by atoms with Crippen molar-refractivity contribution < 1.29 is 18.7 Å². The molecule has 2 fully saturated rings. The van der Waals surface area contributed by atoms with Gasteiger partial charge in [-0.1, -0.05) is 12.1 Å². The lowest BCUT2D eigenvalue weighted by Crippen LogP contribution is -2.60. The van der Waals surface area contributed by atoms with E-state index in [2.05, 4.69) is 16.4 Å². The number of methoxy groups -OCH3 is 1. The van der Waals surface area contributed by atoms with Crippen molar-refractivity contribution in [2.45, 2.75) is 24.3 Å². The van der Waals surface area contributed by atoms with Crippen molar-refractivity contribution >= 4 is 39.8 Å². The average Bonchev–Trinajstić information content (AvgIpc) is 3.11. The second-order valence-corrected chi connectivity index (χ2v) is 8.67. The highest BCUT2D eigenvalue weighted by molar-refractivity contribution is 7.80. The average molecular weight is 477 g/mol. The number of carbonyl (C=O) groups excluding carboxylic acids is 1. The van der Waals surface area contributed by atoms with Crippen LogP contribution < -0.4 is 15.0 Å². The molecule has 1 spiro atoms. The van der Waals surface area contributed by atoms with E-state index in [1.807, 2.05) is 18.2 Å². The molecule has 34 heavy (non-hydrogen) atoms. The second kappa shape index (κ2) is 8.63. The lowest BCUT2D eigenvalue weighted by molar-refractivity contribution is -0.126. The summed E-state index contributed by atoms with van der Waals surface area (Å²) in [6.07, 6.45) is 2.94. The molecule has 7 nitrogen and oxygen atoms in total. The zero-order valence-electron chi connectivity index (χ0n) is 18.4. The minimum Gasteiger partial charge on any atom is -0.488 e. The molecule has 1 aliphatic carbocycles. The van der Waals surface area contributed by atoms with Crippen LogP contribution in [0.25, 0.3) is 10.9 Å². The van der Waals surface area contributed by atoms with Gasteiger partial charge in [-0.25, -0.2) is 4.39 Å². The number of pyridine rings is 1. The number of fused-ring (bicyclic) bond motifs is 1. The molecule has 1 aromatic heterocycles. The topological polar surface area (TPSA) is 87.5 Å². The Morgan fingerprint density at radius 3 is 2.88 bits per heavy atom. The standard InChI is InChI=1S/C25H21FN4O3S/c1-32-11-12-33-21-7-5-16(13-20(21)26)30-24(34)29-23(31)25(30)9-8-19(25)17-6-4-15(14-27)22-18(17)3-2-10-28-22/h2-7,10,13,19H,8-9,11-12H2,1H3,(H,29,31,34). The molecule has 172 valence electrons. The molecular formula is C25H21FN4O3S. The van der Waals surface area contributed by atoms with Gasteiger partial charge in [-0.2, -0.15) is 5.26 Å². The van der Waals surface area contributed by atoms with Crippen LogP contribution in [0.4, 0.5) is 10.1 Å². The molecule has 2 aromatic carbocycles. The van der Waals surface area contributed by atoms with Gasteiger partial charge in [0.25, 0.3) is 5.91 Å². The number of hydrogen-bond acceptors (Lipinski definition) is 6. The van der Waals surface area contributed by atoms with Crippen LogP contribution >= 0.6 is 12.2 Å². The number of rotatable bonds is 6. The number of benzene rings is 2. The quantitative estimate of drug-likeness (QED) is 0.428. The Bertz CT molecular complexity index is 1360. The molecule has 1 saturated carbocycles. The van der Waals surface area contributed by atoms with E-state index >= 15 is 0 Å². The molecule has 3 aromatic rings. The highest BCUT2D eigenvalue weighted by atomic mass is 32.1. The predicted molar refractivity (Wildman–Crippen MR) is 128 cm³/mol. The van der Waals surface area contributed by atoms with Crippen molar-refractivity contribution in [3.8, 4) is 11.8 Å². The number of ether oxygens (including phenoxy) is 2. The van der Waals surface area contributed by atoms with Crippen LogP contribution in [0.2, 0.25) is 0 Å². The zero-order valence-corrected chi connectivity index (χ0v) is 19.2. The number of nitrogens with one attached hydrogen (secondary N) is 1. The van der Waals surface area contributed by atoms with E-state index in [0.717, 1.165) is 17.4 Å². The molecule has 5 rings (SSSR count). The van der Waals surface area contributed by atoms with Gasteiger partial charge in [0.05, 0.1) is 17.7 Å². The van der Waals surface area contributed by atoms with Gasteiger partial charge in [0, 0.05) is 36.4 Å². The fraction of sp³-hybridized carbons (Fsp3) is 0.280. The minimum absolute atomic E-state index is 0.105. The molecule has 2 unspecified atom stereocenters. The Hall–Kier alpha value is -3.61. The maximum atomic E-state index is 14.9. The number of nitrogens with zero attached hydrogens (tertiary/aromatic N) is 3. The molecule has 0 bridgehead atoms. The smallest absolute Gasteiger partial charge is 0.253 e. The van der Waals surface area contributed by atoms with Crippen LogP contribution in [0.15, 0.2) is 48.7 Å². The third kappa shape index (κ3) is 3.30. The largest absolute Gasteiger partial charge is 0.488 e. The van der Waals surface area contributed by atoms with E-state index in [1.54, 1.807) is 30.3 Å². The van der Waals surface area contributed by atoms with Crippen LogP contribution in [0.3, 0.4) is 0 Å². The molecular weight excluding hydrogens is 455 g/mol. The third-order valence-electron chi connectivity index (χ3n) is 6.62. The van der Waals surface area contributed by atoms with E-state index in [1.165, 1.54) is 12.1 Å². The molecule has 1 aliphatic heterocycles. The molecule has 1 amide bonds. The minimum atomic E-state index is -0.987. The highest BCUT2D eigenvalue weighted by Crippen LogP contribution is 2.54. The summed E-state index contributed by atoms with van der Waals surface area (Å²) in [5.41, 5.74) is 1.47. The fourth-order valence-electron chi connectivity index (χ4n) is 4.98. The fourth-order valence-corrected chi connectivity index (χ4v) is 5.34. The summed E-state index contributed by atoms with van der Waals surface area (Å²) in [6.45, 7) is 0.564. The highest BCUT2D eigenvalue weighted by Gasteiger charge is 2.62. The SMILES string of the molecule is COCCOc1ccc(N2C(=S)NC(=O)C23CCC3c2ccc(C#N)c3ncccc23)cc1F. The summed E-state index contributed by atoms with van der Waals surface area (Å²) >= 11 is 5.52. The van der Waals surface area contributed by atoms with E-state index < -0.39 is 11.4 Å². The molecule has 1 saturated heterocycles. The molecule has 0 radical (unpaired) electrons. The lowest BCUT2D eigenvalue weighted by Gasteiger charge is -2.50. The molecule has 2 heterocycles. The van der Waals surface area contributed by atoms with E-state index in [4.69, 9.17) is 21.7 Å². The predicted octanol–water partition coefficient (Wildman–Crippen LogP) is 3.81. The Kier molecular flexibility index (Phi) is 5.63. The van der Waals surface area contributed by atoms with Crippen molar-refractivity contribution in [3.05, 3.63) is 65.6 Å². The Morgan fingerprint density at radius 1 is 1.32 bits per heavy atom. The first kappa shape index (κ1) is 22.2. The van der Waals surface area contributed by atoms with Gasteiger partial charge in [-0.05, 0) is 54.9 Å². The number of nitriles is 1. The summed E-state index contributed by atoms with van der Waals surface area (Å²) in [7, 11) is 1.54. The van der Waals surface area contributed by atoms with Gasteiger partial charge >= 0.3 is 0 Å². The Morgan fingerprint density at radius 2 is 2.18 bits per heavy atom. The maximum absolute atomic E-state index is 14.9. The molecule has 2 atom stereocenters. The van der Waals surface area contributed by atoms with E-state index in [-0.39, 0.29) is 29.3 Å². The molecule has 1 N–H and O–H groups in total. The number of halogens is 1. The number of amides is 1. The van der Waals surface area contributed by atoms with E-state index in [0.29, 0.717) is 29.8 Å². The second-order valence-electron chi connectivity index (χ2n) is 8.28. The van der Waals surface area contributed by atoms with Crippen molar-refractivity contribution in [1.29, 1.82) is 5.26 Å². The normalized spacial score (nSPS) is 21.4. The first-order chi connectivity index (χ1) is 16.5. The summed E-state index contributed by atoms with van der Waals surface area (Å²) < 4.78 is 25.2. The number of carbonyl (C=O) groups is 1. The van der Waals surface area contributed by atoms with Crippen molar-refractivity contribution in [2.24, 2.45) is 0 Å². The maximum Gasteiger partial charge on any atom is 0.253 e. The lowest BCUT2D eigenvalue weighted by atomic mass is 9.62. The van der Waals surface area contributed by atoms with Gasteiger partial charge in [0.15, 0.2) is 16.7 Å². The number of hydrogen-bond donors (Lipinski definition) is 1. The number of thiocarbonyl (C=S) groups is 1. The molecule has 2 aliphatic rings. The van der Waals surface area contributed by atoms with Crippen LogP contribution in [-0.4, -0.2) is 41.9 Å². The van der Waals surface area contributed by atoms with Crippen LogP contribution in [0.5, 0.6) is 5.75 Å². The Labute approximate surface area is 201 Å². The van der Waals surface area contributed by atoms with Gasteiger partial charge in [0.2, 0.25) is 0 Å². The first-order valence-electron chi connectivity index (χ1n) is 10.9. The number of aromatic nitrogens is 1. The van der Waals surface area contributed by atoms with Gasteiger partial charge in [-0.15, -0.1) is 0 Å². The first-order valence-corrected chi connectivity index (χ1v) is 11.3. The summed E-state index contributed by atoms with van der Waals surface area (Å²) in [5, 5.41) is 13.3. The number of anilines is 1. The third-order valence-corrected chi connectivity index (χ3v) is 6.91. The summed E-state index contributed by atoms with van der Waals surface area (Å²) in [4.78, 5) is 19.4. The van der Waals surface area contributed by atoms with Crippen molar-refractivity contribution in [3.63, 3.8) is 0 Å². The van der Waals surface area contributed by atoms with Crippen LogP contribution in [-0.2, 0) is 9.53 Å². The van der Waals surface area contributed by atoms with Gasteiger partial charge in [-0.3, -0.25) is 9.78 Å². The van der Waals surface area contributed by atoms with Crippen LogP contribution in [0.1, 0.15) is 29.9 Å². The van der Waals surface area contributed by atoms with Crippen molar-refractivity contribution in [2.75, 3.05) is 25.2 Å². The molecule has 9 heteroatoms. The van der Waals surface area contributed by atoms with Crippen molar-refractivity contribution in [1.82, 2.24) is 10.3 Å². The van der Waals surface area contributed by atoms with Gasteiger partial charge in [0.1, 0.15) is 18.2 Å². The summed E-state index contributed by atoms with van der Waals surface area (Å²) in [5.74, 6) is -0.868. The van der Waals surface area contributed by atoms with Gasteiger partial charge < -0.3 is 19.7 Å².